The molecule has 1 aromatic carbocycles. The second kappa shape index (κ2) is 7.33. The van der Waals surface area contributed by atoms with Crippen LogP contribution in [0.2, 0.25) is 0 Å². The van der Waals surface area contributed by atoms with Crippen LogP contribution in [0.5, 0.6) is 0 Å². The van der Waals surface area contributed by atoms with Crippen LogP contribution in [-0.2, 0) is 14.4 Å². The summed E-state index contributed by atoms with van der Waals surface area (Å²) in [6.45, 7) is 4.95. The van der Waals surface area contributed by atoms with Crippen LogP contribution in [0.25, 0.3) is 0 Å². The van der Waals surface area contributed by atoms with E-state index in [4.69, 9.17) is 0 Å². The Hall–Kier alpha value is -2.90. The summed E-state index contributed by atoms with van der Waals surface area (Å²) in [5.74, 6) is -1.09. The van der Waals surface area contributed by atoms with E-state index in [0.717, 1.165) is 10.5 Å². The Balaban J connectivity index is 1.76. The number of anilines is 1. The topological polar surface area (TPSA) is 108 Å². The van der Waals surface area contributed by atoms with E-state index >= 15 is 0 Å². The van der Waals surface area contributed by atoms with Crippen LogP contribution in [0.3, 0.4) is 0 Å². The summed E-state index contributed by atoms with van der Waals surface area (Å²) in [4.78, 5) is 48.3. The molecule has 1 saturated heterocycles. The molecule has 0 bridgehead atoms. The number of carbonyl (C=O) groups is 4. The molecule has 1 aliphatic rings. The van der Waals surface area contributed by atoms with Crippen molar-refractivity contribution in [3.8, 4) is 0 Å². The molecule has 3 N–H and O–H groups in total. The van der Waals surface area contributed by atoms with Crippen molar-refractivity contribution in [1.29, 1.82) is 0 Å². The number of benzene rings is 1. The van der Waals surface area contributed by atoms with Crippen molar-refractivity contribution >= 4 is 29.4 Å². The minimum Gasteiger partial charge on any atom is -0.354 e. The van der Waals surface area contributed by atoms with Crippen LogP contribution in [0.15, 0.2) is 24.3 Å². The van der Waals surface area contributed by atoms with Gasteiger partial charge in [0.2, 0.25) is 11.8 Å². The molecule has 0 spiro atoms. The average Bonchev–Trinajstić information content (AvgIpc) is 2.69. The van der Waals surface area contributed by atoms with Crippen LogP contribution in [-0.4, -0.2) is 47.3 Å². The second-order valence-corrected chi connectivity index (χ2v) is 6.42. The van der Waals surface area contributed by atoms with Gasteiger partial charge in [-0.3, -0.25) is 19.7 Å². The molecule has 2 rings (SSSR count). The Morgan fingerprint density at radius 3 is 2.52 bits per heavy atom. The van der Waals surface area contributed by atoms with Crippen LogP contribution in [0.4, 0.5) is 10.5 Å². The summed E-state index contributed by atoms with van der Waals surface area (Å²) >= 11 is 0. The number of amides is 5. The molecular formula is C17H22N4O4. The number of rotatable bonds is 6. The van der Waals surface area contributed by atoms with Crippen molar-refractivity contribution < 1.29 is 19.2 Å². The van der Waals surface area contributed by atoms with Gasteiger partial charge < -0.3 is 15.5 Å². The monoisotopic (exact) mass is 346 g/mol. The second-order valence-electron chi connectivity index (χ2n) is 6.42. The maximum Gasteiger partial charge on any atom is 0.325 e. The maximum absolute atomic E-state index is 11.9. The fraction of sp³-hybridized carbons (Fsp3) is 0.412. The highest BCUT2D eigenvalue weighted by molar-refractivity contribution is 6.07. The lowest BCUT2D eigenvalue weighted by molar-refractivity contribution is -0.127. The van der Waals surface area contributed by atoms with Crippen molar-refractivity contribution in [3.63, 3.8) is 0 Å². The lowest BCUT2D eigenvalue weighted by Gasteiger charge is -2.27. The van der Waals surface area contributed by atoms with Crippen molar-refractivity contribution in [1.82, 2.24) is 15.5 Å². The SMILES string of the molecule is Cc1cccc(NC(=O)CCNC(=O)CN2C(=O)NC(=O)C2(C)C)c1. The van der Waals surface area contributed by atoms with Crippen LogP contribution >= 0.6 is 0 Å². The molecule has 25 heavy (non-hydrogen) atoms. The number of imide groups is 1. The van der Waals surface area contributed by atoms with Crippen molar-refractivity contribution in [3.05, 3.63) is 29.8 Å². The largest absolute Gasteiger partial charge is 0.354 e. The third-order valence-electron chi connectivity index (χ3n) is 3.97. The number of nitrogens with one attached hydrogen (secondary N) is 3. The fourth-order valence-corrected chi connectivity index (χ4v) is 2.42. The van der Waals surface area contributed by atoms with Gasteiger partial charge in [-0.05, 0) is 38.5 Å². The Labute approximate surface area is 145 Å². The number of urea groups is 1. The lowest BCUT2D eigenvalue weighted by Crippen LogP contribution is -2.49. The van der Waals surface area contributed by atoms with E-state index in [1.165, 1.54) is 0 Å². The van der Waals surface area contributed by atoms with Crippen LogP contribution < -0.4 is 16.0 Å². The first-order valence-electron chi connectivity index (χ1n) is 7.96. The average molecular weight is 346 g/mol. The molecule has 0 aromatic heterocycles. The summed E-state index contributed by atoms with van der Waals surface area (Å²) in [6.07, 6.45) is 0.105. The quantitative estimate of drug-likeness (QED) is 0.661. The standard InChI is InChI=1S/C17H22N4O4/c1-11-5-4-6-12(9-11)19-13(22)7-8-18-14(23)10-21-16(25)20-15(24)17(21,2)3/h4-6,9H,7-8,10H2,1-3H3,(H,18,23)(H,19,22)(H,20,24,25). The normalized spacial score (nSPS) is 15.7. The van der Waals surface area contributed by atoms with Crippen molar-refractivity contribution in [2.24, 2.45) is 0 Å². The van der Waals surface area contributed by atoms with Gasteiger partial charge in [0.25, 0.3) is 5.91 Å². The molecular weight excluding hydrogens is 324 g/mol. The Bertz CT molecular complexity index is 714. The highest BCUT2D eigenvalue weighted by atomic mass is 16.2. The zero-order valence-electron chi connectivity index (χ0n) is 14.5. The molecule has 1 fully saturated rings. The van der Waals surface area contributed by atoms with Gasteiger partial charge in [-0.1, -0.05) is 12.1 Å². The van der Waals surface area contributed by atoms with Gasteiger partial charge in [0, 0.05) is 18.7 Å². The summed E-state index contributed by atoms with van der Waals surface area (Å²) in [5, 5.41) is 7.50. The summed E-state index contributed by atoms with van der Waals surface area (Å²) in [7, 11) is 0. The van der Waals surface area contributed by atoms with Crippen molar-refractivity contribution in [2.45, 2.75) is 32.7 Å². The molecule has 0 radical (unpaired) electrons. The van der Waals surface area contributed by atoms with E-state index in [0.29, 0.717) is 5.69 Å². The highest BCUT2D eigenvalue weighted by Gasteiger charge is 2.46. The summed E-state index contributed by atoms with van der Waals surface area (Å²) in [6, 6.07) is 6.81. The predicted molar refractivity (Wildman–Crippen MR) is 91.8 cm³/mol. The van der Waals surface area contributed by atoms with Crippen LogP contribution in [0.1, 0.15) is 25.8 Å². The Kier molecular flexibility index (Phi) is 5.41. The minimum atomic E-state index is -1.07. The van der Waals surface area contributed by atoms with E-state index in [1.54, 1.807) is 19.9 Å². The first kappa shape index (κ1) is 18.4. The van der Waals surface area contributed by atoms with E-state index in [2.05, 4.69) is 16.0 Å². The van der Waals surface area contributed by atoms with Gasteiger partial charge in [-0.25, -0.2) is 4.79 Å². The number of carbonyl (C=O) groups excluding carboxylic acids is 4. The highest BCUT2D eigenvalue weighted by Crippen LogP contribution is 2.20. The smallest absolute Gasteiger partial charge is 0.325 e. The molecule has 8 nitrogen and oxygen atoms in total. The van der Waals surface area contributed by atoms with Gasteiger partial charge >= 0.3 is 6.03 Å². The first-order valence-corrected chi connectivity index (χ1v) is 7.96. The first-order chi connectivity index (χ1) is 11.7. The number of hydrogen-bond donors (Lipinski definition) is 3. The number of aryl methyl sites for hydroxylation is 1. The number of nitrogens with zero attached hydrogens (tertiary/aromatic N) is 1. The predicted octanol–water partition coefficient (Wildman–Crippen LogP) is 0.770. The maximum atomic E-state index is 11.9. The molecule has 1 heterocycles. The molecule has 134 valence electrons. The summed E-state index contributed by atoms with van der Waals surface area (Å²) in [5.41, 5.74) is 0.661. The van der Waals surface area contributed by atoms with Gasteiger partial charge in [0.1, 0.15) is 12.1 Å². The molecule has 0 unspecified atom stereocenters. The van der Waals surface area contributed by atoms with Crippen molar-refractivity contribution in [2.75, 3.05) is 18.4 Å². The van der Waals surface area contributed by atoms with Crippen LogP contribution in [0, 0.1) is 6.92 Å². The zero-order chi connectivity index (χ0) is 18.6. The van der Waals surface area contributed by atoms with E-state index in [9.17, 15) is 19.2 Å². The van der Waals surface area contributed by atoms with Gasteiger partial charge in [0.05, 0.1) is 0 Å². The Morgan fingerprint density at radius 2 is 1.92 bits per heavy atom. The summed E-state index contributed by atoms with van der Waals surface area (Å²) < 4.78 is 0. The van der Waals surface area contributed by atoms with E-state index in [-0.39, 0.29) is 25.4 Å². The third kappa shape index (κ3) is 4.56. The van der Waals surface area contributed by atoms with E-state index in [1.807, 2.05) is 25.1 Å². The molecule has 0 atom stereocenters. The number of hydrogen-bond acceptors (Lipinski definition) is 4. The molecule has 1 aromatic rings. The molecule has 8 heteroatoms. The zero-order valence-corrected chi connectivity index (χ0v) is 14.5. The minimum absolute atomic E-state index is 0.105. The molecule has 0 saturated carbocycles. The fourth-order valence-electron chi connectivity index (χ4n) is 2.42. The lowest BCUT2D eigenvalue weighted by atomic mass is 10.0. The van der Waals surface area contributed by atoms with Gasteiger partial charge in [-0.2, -0.15) is 0 Å². The van der Waals surface area contributed by atoms with E-state index < -0.39 is 23.4 Å². The molecule has 1 aliphatic heterocycles. The van der Waals surface area contributed by atoms with Gasteiger partial charge in [-0.15, -0.1) is 0 Å². The van der Waals surface area contributed by atoms with Gasteiger partial charge in [0.15, 0.2) is 0 Å². The third-order valence-corrected chi connectivity index (χ3v) is 3.97. The molecule has 5 amide bonds. The molecule has 0 aliphatic carbocycles. The Morgan fingerprint density at radius 1 is 1.20 bits per heavy atom.